The SMILES string of the molecule is CC[C@H]1O[C@@H](n2ccc(NC)nc2=O)[C-](C)[C@@H]1O.[Y]. The summed E-state index contributed by atoms with van der Waals surface area (Å²) in [5.74, 6) is 1.25. The minimum atomic E-state index is -0.629. The van der Waals surface area contributed by atoms with Gasteiger partial charge in [-0.15, -0.1) is 0 Å². The van der Waals surface area contributed by atoms with Crippen LogP contribution in [0.1, 0.15) is 26.5 Å². The normalized spacial score (nSPS) is 27.1. The van der Waals surface area contributed by atoms with Crippen LogP contribution in [0.3, 0.4) is 0 Å². The Morgan fingerprint density at radius 2 is 2.32 bits per heavy atom. The number of ether oxygens (including phenoxy) is 1. The van der Waals surface area contributed by atoms with E-state index in [1.807, 2.05) is 6.92 Å². The quantitative estimate of drug-likeness (QED) is 0.785. The van der Waals surface area contributed by atoms with Crippen molar-refractivity contribution in [2.24, 2.45) is 0 Å². The fourth-order valence-corrected chi connectivity index (χ4v) is 2.12. The molecule has 0 bridgehead atoms. The maximum Gasteiger partial charge on any atom is 0.349 e. The van der Waals surface area contributed by atoms with E-state index in [0.29, 0.717) is 12.2 Å². The Balaban J connectivity index is 0.00000180. The van der Waals surface area contributed by atoms with Crippen LogP contribution in [0.2, 0.25) is 0 Å². The van der Waals surface area contributed by atoms with E-state index in [0.717, 1.165) is 5.92 Å². The molecule has 3 atom stereocenters. The molecule has 1 saturated heterocycles. The molecule has 0 aliphatic carbocycles. The summed E-state index contributed by atoms with van der Waals surface area (Å²) in [4.78, 5) is 15.7. The molecular formula is C12H18N3O3Y-. The van der Waals surface area contributed by atoms with Gasteiger partial charge in [-0.2, -0.15) is 11.9 Å². The molecule has 1 aliphatic rings. The number of nitrogens with zero attached hydrogens (tertiary/aromatic N) is 2. The van der Waals surface area contributed by atoms with Gasteiger partial charge in [0.1, 0.15) is 5.82 Å². The van der Waals surface area contributed by atoms with E-state index in [4.69, 9.17) is 4.74 Å². The molecule has 2 rings (SSSR count). The minimum absolute atomic E-state index is 0. The van der Waals surface area contributed by atoms with Crippen molar-refractivity contribution < 1.29 is 42.6 Å². The molecule has 19 heavy (non-hydrogen) atoms. The van der Waals surface area contributed by atoms with Crippen LogP contribution >= 0.6 is 0 Å². The molecule has 0 aromatic carbocycles. The van der Waals surface area contributed by atoms with Gasteiger partial charge in [0.05, 0.1) is 6.10 Å². The Morgan fingerprint density at radius 3 is 2.79 bits per heavy atom. The maximum absolute atomic E-state index is 11.9. The molecule has 1 aromatic rings. The van der Waals surface area contributed by atoms with Gasteiger partial charge in [0, 0.05) is 52.2 Å². The average Bonchev–Trinajstić information content (AvgIpc) is 2.66. The Labute approximate surface area is 137 Å². The molecule has 0 amide bonds. The molecule has 0 spiro atoms. The van der Waals surface area contributed by atoms with E-state index in [1.54, 1.807) is 26.2 Å². The Bertz CT molecular complexity index is 480. The first-order chi connectivity index (χ1) is 8.58. The number of anilines is 1. The molecule has 6 nitrogen and oxygen atoms in total. The molecule has 1 fully saturated rings. The number of aliphatic hydroxyl groups excluding tert-OH is 1. The van der Waals surface area contributed by atoms with E-state index in [1.165, 1.54) is 4.57 Å². The summed E-state index contributed by atoms with van der Waals surface area (Å²) in [6.45, 7) is 3.73. The number of aromatic nitrogens is 2. The fraction of sp³-hybridized carbons (Fsp3) is 0.583. The molecule has 2 heterocycles. The Morgan fingerprint density at radius 1 is 1.63 bits per heavy atom. The molecule has 2 N–H and O–H groups in total. The summed E-state index contributed by atoms with van der Waals surface area (Å²) in [6, 6.07) is 1.70. The van der Waals surface area contributed by atoms with Gasteiger partial charge in [-0.05, 0) is 18.6 Å². The third-order valence-electron chi connectivity index (χ3n) is 3.25. The van der Waals surface area contributed by atoms with Gasteiger partial charge < -0.3 is 19.7 Å². The smallest absolute Gasteiger partial charge is 0.349 e. The maximum atomic E-state index is 11.9. The second kappa shape index (κ2) is 6.93. The molecule has 1 aromatic heterocycles. The van der Waals surface area contributed by atoms with Crippen molar-refractivity contribution >= 4 is 5.82 Å². The Kier molecular flexibility index (Phi) is 6.11. The zero-order valence-electron chi connectivity index (χ0n) is 11.3. The van der Waals surface area contributed by atoms with Crippen LogP contribution < -0.4 is 11.0 Å². The van der Waals surface area contributed by atoms with E-state index < -0.39 is 18.0 Å². The van der Waals surface area contributed by atoms with Gasteiger partial charge in [-0.25, -0.2) is 10.7 Å². The second-order valence-corrected chi connectivity index (χ2v) is 4.38. The van der Waals surface area contributed by atoms with Crippen LogP contribution in [-0.2, 0) is 37.4 Å². The third-order valence-corrected chi connectivity index (χ3v) is 3.25. The molecule has 0 unspecified atom stereocenters. The zero-order valence-corrected chi connectivity index (χ0v) is 14.2. The van der Waals surface area contributed by atoms with E-state index in [-0.39, 0.29) is 38.8 Å². The first kappa shape index (κ1) is 16.8. The fourth-order valence-electron chi connectivity index (χ4n) is 2.12. The van der Waals surface area contributed by atoms with E-state index >= 15 is 0 Å². The molecular weight excluding hydrogens is 323 g/mol. The van der Waals surface area contributed by atoms with Crippen molar-refractivity contribution in [2.75, 3.05) is 12.4 Å². The molecule has 1 radical (unpaired) electrons. The number of aliphatic hydroxyl groups is 1. The third kappa shape index (κ3) is 3.24. The molecule has 0 saturated carbocycles. The van der Waals surface area contributed by atoms with Gasteiger partial charge in [0.15, 0.2) is 0 Å². The van der Waals surface area contributed by atoms with Crippen LogP contribution in [0.25, 0.3) is 0 Å². The van der Waals surface area contributed by atoms with Crippen molar-refractivity contribution in [2.45, 2.75) is 38.7 Å². The van der Waals surface area contributed by atoms with Gasteiger partial charge in [0.2, 0.25) is 0 Å². The Hall–Kier alpha value is -0.296. The molecule has 103 valence electrons. The summed E-state index contributed by atoms with van der Waals surface area (Å²) in [5.41, 5.74) is -0.393. The van der Waals surface area contributed by atoms with Crippen molar-refractivity contribution in [3.63, 3.8) is 0 Å². The predicted octanol–water partition coefficient (Wildman–Crippen LogP) is 0.545. The first-order valence-electron chi connectivity index (χ1n) is 6.02. The van der Waals surface area contributed by atoms with Crippen LogP contribution in [0.4, 0.5) is 5.82 Å². The standard InChI is InChI=1S/C12H18N3O3.Y/c1-4-8-10(16)7(2)11(18-8)15-6-5-9(13-3)14-12(15)17;/h5-6,8,10-11,16H,4H2,1-3H3,(H,13,14,17);/q-1;/t8-,10+,11-;/m1./s1. The van der Waals surface area contributed by atoms with Crippen LogP contribution in [0, 0.1) is 5.92 Å². The summed E-state index contributed by atoms with van der Waals surface area (Å²) < 4.78 is 7.09. The topological polar surface area (TPSA) is 76.4 Å². The van der Waals surface area contributed by atoms with Crippen molar-refractivity contribution in [1.82, 2.24) is 9.55 Å². The van der Waals surface area contributed by atoms with Crippen LogP contribution in [-0.4, -0.2) is 33.9 Å². The van der Waals surface area contributed by atoms with E-state index in [2.05, 4.69) is 10.3 Å². The number of hydrogen-bond acceptors (Lipinski definition) is 5. The van der Waals surface area contributed by atoms with Gasteiger partial charge in [0.25, 0.3) is 0 Å². The average molecular weight is 341 g/mol. The van der Waals surface area contributed by atoms with Gasteiger partial charge in [-0.3, -0.25) is 0 Å². The second-order valence-electron chi connectivity index (χ2n) is 4.38. The van der Waals surface area contributed by atoms with Crippen LogP contribution in [0.15, 0.2) is 17.1 Å². The first-order valence-corrected chi connectivity index (χ1v) is 6.02. The van der Waals surface area contributed by atoms with Crippen molar-refractivity contribution in [3.8, 4) is 0 Å². The zero-order chi connectivity index (χ0) is 13.3. The summed E-state index contributed by atoms with van der Waals surface area (Å²) in [5, 5.41) is 12.8. The summed E-state index contributed by atoms with van der Waals surface area (Å²) in [6.07, 6.45) is 0.906. The molecule has 7 heteroatoms. The monoisotopic (exact) mass is 341 g/mol. The van der Waals surface area contributed by atoms with Gasteiger partial charge in [-0.1, -0.05) is 6.92 Å². The summed E-state index contributed by atoms with van der Waals surface area (Å²) in [7, 11) is 1.70. The molecule has 1 aliphatic heterocycles. The van der Waals surface area contributed by atoms with Gasteiger partial charge >= 0.3 is 5.69 Å². The van der Waals surface area contributed by atoms with E-state index in [9.17, 15) is 9.90 Å². The number of nitrogens with one attached hydrogen (secondary N) is 1. The minimum Gasteiger partial charge on any atom is -0.422 e. The predicted molar refractivity (Wildman–Crippen MR) is 67.2 cm³/mol. The van der Waals surface area contributed by atoms with Crippen molar-refractivity contribution in [1.29, 1.82) is 0 Å². The summed E-state index contributed by atoms with van der Waals surface area (Å²) >= 11 is 0. The van der Waals surface area contributed by atoms with Crippen molar-refractivity contribution in [3.05, 3.63) is 28.7 Å². The largest absolute Gasteiger partial charge is 0.422 e. The number of rotatable bonds is 3. The number of hydrogen-bond donors (Lipinski definition) is 2. The van der Waals surface area contributed by atoms with Crippen LogP contribution in [0.5, 0.6) is 0 Å².